The minimum absolute atomic E-state index is 0.0953. The second kappa shape index (κ2) is 54.3. The number of hydrogen-bond donors (Lipinski definition) is 7. The van der Waals surface area contributed by atoms with Crippen LogP contribution in [0.4, 0.5) is 11.4 Å². The molecule has 0 spiro atoms. The van der Waals surface area contributed by atoms with Gasteiger partial charge in [-0.25, -0.2) is 15.0 Å². The van der Waals surface area contributed by atoms with Gasteiger partial charge in [0, 0.05) is 34.6 Å². The minimum atomic E-state index is -1.50. The fraction of sp³-hybridized carbons (Fsp3) is 0.360. The Bertz CT molecular complexity index is 5580. The van der Waals surface area contributed by atoms with Crippen molar-refractivity contribution in [1.29, 1.82) is 15.8 Å². The minimum Gasteiger partial charge on any atom is -0.469 e. The molecule has 4 saturated carbocycles. The van der Waals surface area contributed by atoms with Crippen molar-refractivity contribution < 1.29 is 19.6 Å². The first kappa shape index (κ1) is 104. The Morgan fingerprint density at radius 3 is 0.932 bits per heavy atom. The Labute approximate surface area is 802 Å². The molecule has 0 radical (unpaired) electrons. The molecule has 0 aliphatic heterocycles. The van der Waals surface area contributed by atoms with Crippen LogP contribution in [0.5, 0.6) is 0 Å². The summed E-state index contributed by atoms with van der Waals surface area (Å²) in [5, 5.41) is 44.2. The molecule has 4 fully saturated rings. The van der Waals surface area contributed by atoms with E-state index < -0.39 is 7.12 Å². The fourth-order valence-electron chi connectivity index (χ4n) is 19.0. The molecule has 0 saturated heterocycles. The largest absolute Gasteiger partial charge is 0.488 e. The zero-order valence-corrected chi connectivity index (χ0v) is 82.3. The number of nitrogens with zero attached hydrogens (tertiary/aromatic N) is 6. The van der Waals surface area contributed by atoms with Gasteiger partial charge in [0.25, 0.3) is 0 Å². The lowest BCUT2D eigenvalue weighted by Gasteiger charge is -2.38. The van der Waals surface area contributed by atoms with Crippen LogP contribution < -0.4 is 16.9 Å². The Kier molecular flexibility index (Phi) is 42.8. The van der Waals surface area contributed by atoms with E-state index in [2.05, 4.69) is 229 Å². The number of carbonyl (C=O) groups is 1. The van der Waals surface area contributed by atoms with Gasteiger partial charge in [-0.2, -0.15) is 15.8 Å². The molecule has 18 rings (SSSR count). The highest BCUT2D eigenvalue weighted by Crippen LogP contribution is 2.48. The number of H-pyrrole nitrogens is 3. The zero-order chi connectivity index (χ0) is 94.6. The van der Waals surface area contributed by atoms with Crippen molar-refractivity contribution >= 4 is 94.9 Å². The van der Waals surface area contributed by atoms with Crippen molar-refractivity contribution in [3.8, 4) is 40.5 Å². The maximum absolute atomic E-state index is 11.5. The average Bonchev–Trinajstić information content (AvgIpc) is 1.53. The first-order chi connectivity index (χ1) is 64.5. The van der Waals surface area contributed by atoms with E-state index >= 15 is 0 Å². The van der Waals surface area contributed by atoms with Crippen molar-refractivity contribution in [3.05, 3.63) is 332 Å². The molecule has 0 unspecified atom stereocenters. The summed E-state index contributed by atoms with van der Waals surface area (Å²) in [5.74, 6) is 3.22. The van der Waals surface area contributed by atoms with Crippen molar-refractivity contribution in [3.63, 3.8) is 0 Å². The molecule has 14 aromatic rings. The smallest absolute Gasteiger partial charge is 0.469 e. The van der Waals surface area contributed by atoms with E-state index in [-0.39, 0.29) is 22.2 Å². The number of hydrogen-bond acceptors (Lipinski definition) is 12. The number of ether oxygens (including phenoxy) is 1. The molecule has 4 aliphatic rings. The van der Waals surface area contributed by atoms with Crippen LogP contribution in [-0.2, 0) is 50.5 Å². The number of nitrogens with one attached hydrogen (secondary N) is 3. The highest BCUT2D eigenvalue weighted by atomic mass is 79.9. The number of aromatic amines is 3. The van der Waals surface area contributed by atoms with E-state index in [0.29, 0.717) is 45.4 Å². The van der Waals surface area contributed by atoms with Gasteiger partial charge in [0.1, 0.15) is 17.5 Å². The van der Waals surface area contributed by atoms with Gasteiger partial charge in [-0.05, 0) is 258 Å². The second-order valence-corrected chi connectivity index (χ2v) is 35.7. The molecule has 0 atom stereocenters. The molecule has 11 aromatic carbocycles. The lowest BCUT2D eigenvalue weighted by molar-refractivity contribution is -0.141. The first-order valence-corrected chi connectivity index (χ1v) is 49.6. The predicted molar refractivity (Wildman–Crippen MR) is 557 cm³/mol. The zero-order valence-electron chi connectivity index (χ0n) is 79.1. The molecule has 0 bridgehead atoms. The summed E-state index contributed by atoms with van der Waals surface area (Å²) in [6, 6.07) is 96.2. The maximum atomic E-state index is 11.5. The van der Waals surface area contributed by atoms with E-state index in [1.54, 1.807) is 30.3 Å². The van der Waals surface area contributed by atoms with Gasteiger partial charge >= 0.3 is 13.1 Å². The van der Waals surface area contributed by atoms with E-state index in [1.807, 2.05) is 122 Å². The van der Waals surface area contributed by atoms with Crippen molar-refractivity contribution in [2.75, 3.05) is 18.6 Å². The third-order valence-electron chi connectivity index (χ3n) is 26.0. The number of carbonyl (C=O) groups excluding carboxylic acids is 1. The monoisotopic (exact) mass is 1890 g/mol. The van der Waals surface area contributed by atoms with Crippen molar-refractivity contribution in [2.45, 2.75) is 257 Å². The van der Waals surface area contributed by atoms with Crippen LogP contribution in [-0.4, -0.2) is 60.1 Å². The van der Waals surface area contributed by atoms with E-state index in [9.17, 15) is 15.3 Å². The third kappa shape index (κ3) is 29.7. The van der Waals surface area contributed by atoms with Crippen LogP contribution >= 0.6 is 31.9 Å². The Morgan fingerprint density at radius 2 is 0.644 bits per heavy atom. The van der Waals surface area contributed by atoms with Crippen molar-refractivity contribution in [1.82, 2.24) is 29.9 Å². The number of halogens is 2. The number of benzene rings is 11. The van der Waals surface area contributed by atoms with Gasteiger partial charge in [-0.3, -0.25) is 4.79 Å². The van der Waals surface area contributed by atoms with E-state index in [4.69, 9.17) is 46.5 Å². The number of anilines is 2. The molecule has 132 heavy (non-hydrogen) atoms. The van der Waals surface area contributed by atoms with Gasteiger partial charge in [-0.15, -0.1) is 0 Å². The average molecular weight is 1900 g/mol. The first-order valence-electron chi connectivity index (χ1n) is 48.1. The number of nitriles is 3. The molecule has 3 aromatic heterocycles. The van der Waals surface area contributed by atoms with Crippen LogP contribution in [0.1, 0.15) is 272 Å². The predicted octanol–water partition coefficient (Wildman–Crippen LogP) is 28.8. The lowest BCUT2D eigenvalue weighted by Crippen LogP contribution is -2.30. The number of aryl methyl sites for hydroxylation is 3. The Hall–Kier alpha value is -11.7. The lowest BCUT2D eigenvalue weighted by atomic mass is 9.66. The maximum Gasteiger partial charge on any atom is 0.488 e. The number of nitrogen functional groups attached to an aromatic ring is 2. The van der Waals surface area contributed by atoms with Crippen molar-refractivity contribution in [2.24, 2.45) is 0 Å². The summed E-state index contributed by atoms with van der Waals surface area (Å²) in [5.41, 5.74) is 32.1. The molecule has 0 amide bonds. The molecular weight excluding hydrogens is 1760 g/mol. The quantitative estimate of drug-likeness (QED) is 0.0226. The summed E-state index contributed by atoms with van der Waals surface area (Å²) in [4.78, 5) is 36.4. The number of fused-ring (bicyclic) bond motifs is 3. The number of nitrogens with two attached hydrogens (primary N) is 2. The third-order valence-corrected chi connectivity index (χ3v) is 27.0. The molecule has 15 nitrogen and oxygen atoms in total. The number of rotatable bonds is 19. The normalized spacial score (nSPS) is 14.5. The standard InChI is InChI=1S/2C28H27N3.C21H23BrN2.C16H21BrO2.C7H6BNO2.C6H8N2.4C2H6/c2*29-20-21-7-6-8-23(19-21)22-11-13-24(14-12-22)28(16-4-1-5-17-28)18-15-27-30-25-9-2-3-10-26(25)31-27;22-17-10-8-16(9-11-17)21(13-4-1-5-14-21)15-12-20-23-18-6-2-3-7-19(18)24-20;1-19-15(18)9-12-16(10-3-2-4-11-16)13-5-7-14(17)8-6-13;9-5-6-2-1-3-7(4-6)8(10)11;7-5-3-1-2-4-6(5)8;4*1-2/h2*2-3,6-14,19H,1,4-5,15-18H2,(H,30,31);2-3,6-11H,1,4-5,12-15H2,(H,23,24);5-8H,2-4,9-12H2,1H3;1-4,10-11H;1-4H,7-8H2;4*1-2H3. The SMILES string of the molecule is Brc1ccc(C2(CCc3nc4ccccc4[nH]3)CCCCC2)cc1.CC.CC.CC.CC.COC(=O)CCC1(c2ccc(Br)cc2)CCCCC1.N#Cc1cccc(-c2ccc(C3(CCc4nc5ccccc5[nH]4)CCCCC3)cc2)c1.N#Cc1cccc(-c2ccc(C3(CCc4nc5ccccc5[nH]4)CCCCC3)cc2)c1.N#Cc1cccc(B(O)O)c1.Nc1ccccc1N. The molecule has 9 N–H and O–H groups in total. The Balaban J connectivity index is 0.000000183. The van der Waals surface area contributed by atoms with Gasteiger partial charge in [0.05, 0.1) is 86.5 Å². The van der Waals surface area contributed by atoms with Crippen LogP contribution in [0.3, 0.4) is 0 Å². The fourth-order valence-corrected chi connectivity index (χ4v) is 19.5. The number of esters is 1. The summed E-state index contributed by atoms with van der Waals surface area (Å²) < 4.78 is 7.06. The highest BCUT2D eigenvalue weighted by molar-refractivity contribution is 9.10. The molecule has 18 heteroatoms. The van der Waals surface area contributed by atoms with Crippen LogP contribution in [0, 0.1) is 34.0 Å². The van der Waals surface area contributed by atoms with E-state index in [0.717, 1.165) is 109 Å². The topological polar surface area (TPSA) is 276 Å². The number of methoxy groups -OCH3 is 1. The van der Waals surface area contributed by atoms with E-state index in [1.165, 1.54) is 181 Å². The molecule has 3 heterocycles. The van der Waals surface area contributed by atoms with Gasteiger partial charge < -0.3 is 41.2 Å². The summed E-state index contributed by atoms with van der Waals surface area (Å²) >= 11 is 7.05. The summed E-state index contributed by atoms with van der Waals surface area (Å²) in [6.45, 7) is 16.0. The van der Waals surface area contributed by atoms with Gasteiger partial charge in [0.2, 0.25) is 0 Å². The second-order valence-electron chi connectivity index (χ2n) is 33.8. The molecular formula is C114H136BBr2N11O4. The number of para-hydroxylation sites is 8. The van der Waals surface area contributed by atoms with Crippen LogP contribution in [0.2, 0.25) is 0 Å². The Morgan fingerprint density at radius 1 is 0.364 bits per heavy atom. The van der Waals surface area contributed by atoms with Gasteiger partial charge in [-0.1, -0.05) is 322 Å². The summed E-state index contributed by atoms with van der Waals surface area (Å²) in [6.07, 6.45) is 33.5. The van der Waals surface area contributed by atoms with Crippen LogP contribution in [0.25, 0.3) is 55.4 Å². The summed E-state index contributed by atoms with van der Waals surface area (Å²) in [7, 11) is -0.0292. The number of aromatic nitrogens is 6. The highest BCUT2D eigenvalue weighted by Gasteiger charge is 2.38. The molecule has 688 valence electrons. The van der Waals surface area contributed by atoms with Gasteiger partial charge in [0.15, 0.2) is 0 Å². The number of imidazole rings is 3. The van der Waals surface area contributed by atoms with Crippen LogP contribution in [0.15, 0.2) is 276 Å². The molecule has 4 aliphatic carbocycles.